The zero-order valence-electron chi connectivity index (χ0n) is 10.8. The Balaban J connectivity index is 2.40. The zero-order chi connectivity index (χ0) is 14.9. The van der Waals surface area contributed by atoms with Crippen molar-refractivity contribution in [3.8, 4) is 0 Å². The van der Waals surface area contributed by atoms with Crippen LogP contribution in [0.1, 0.15) is 17.5 Å². The molecule has 0 aliphatic carbocycles. The van der Waals surface area contributed by atoms with Gasteiger partial charge in [-0.05, 0) is 31.0 Å². The Morgan fingerprint density at radius 1 is 1.40 bits per heavy atom. The van der Waals surface area contributed by atoms with Gasteiger partial charge in [-0.1, -0.05) is 29.9 Å². The van der Waals surface area contributed by atoms with Gasteiger partial charge in [0.2, 0.25) is 5.13 Å². The fourth-order valence-electron chi connectivity index (χ4n) is 1.56. The number of rotatable bonds is 4. The van der Waals surface area contributed by atoms with Crippen molar-refractivity contribution in [3.05, 3.63) is 27.7 Å². The standard InChI is InChI=1S/C11H13ClN4O2S2/c1-3-10-14-15-11(19-10)16-20(17,18)9-5-7(12)4-8(13)6(9)2/h4-5H,3,13H2,1-2H3,(H,15,16). The fourth-order valence-corrected chi connectivity index (χ4v) is 4.06. The third-order valence-electron chi connectivity index (χ3n) is 2.65. The van der Waals surface area contributed by atoms with Crippen molar-refractivity contribution in [2.24, 2.45) is 0 Å². The number of aryl methyl sites for hydroxylation is 1. The number of nitrogens with one attached hydrogen (secondary N) is 1. The molecule has 0 amide bonds. The normalized spacial score (nSPS) is 11.6. The third-order valence-corrected chi connectivity index (χ3v) is 5.44. The molecular weight excluding hydrogens is 320 g/mol. The Morgan fingerprint density at radius 3 is 2.70 bits per heavy atom. The van der Waals surface area contributed by atoms with Gasteiger partial charge in [0.15, 0.2) is 0 Å². The molecule has 0 saturated heterocycles. The molecule has 1 aromatic heterocycles. The summed E-state index contributed by atoms with van der Waals surface area (Å²) in [7, 11) is -3.79. The summed E-state index contributed by atoms with van der Waals surface area (Å²) >= 11 is 7.05. The number of sulfonamides is 1. The van der Waals surface area contributed by atoms with Gasteiger partial charge in [0, 0.05) is 10.7 Å². The van der Waals surface area contributed by atoms with E-state index in [9.17, 15) is 8.42 Å². The van der Waals surface area contributed by atoms with Crippen LogP contribution < -0.4 is 10.5 Å². The fraction of sp³-hybridized carbons (Fsp3) is 0.273. The van der Waals surface area contributed by atoms with Crippen LogP contribution in [0.25, 0.3) is 0 Å². The van der Waals surface area contributed by atoms with Crippen molar-refractivity contribution >= 4 is 43.8 Å². The molecule has 0 aliphatic heterocycles. The summed E-state index contributed by atoms with van der Waals surface area (Å²) in [6.45, 7) is 3.54. The first-order chi connectivity index (χ1) is 9.33. The lowest BCUT2D eigenvalue weighted by Crippen LogP contribution is -2.15. The van der Waals surface area contributed by atoms with Gasteiger partial charge in [0.05, 0.1) is 4.90 Å². The molecule has 108 valence electrons. The Kier molecular flexibility index (Phi) is 4.17. The van der Waals surface area contributed by atoms with E-state index in [1.54, 1.807) is 6.92 Å². The number of aromatic nitrogens is 2. The van der Waals surface area contributed by atoms with E-state index in [0.717, 1.165) is 5.01 Å². The van der Waals surface area contributed by atoms with Crippen molar-refractivity contribution in [2.45, 2.75) is 25.2 Å². The molecule has 6 nitrogen and oxygen atoms in total. The predicted molar refractivity (Wildman–Crippen MR) is 80.7 cm³/mol. The number of nitrogens with zero attached hydrogens (tertiary/aromatic N) is 2. The van der Waals surface area contributed by atoms with Crippen molar-refractivity contribution in [3.63, 3.8) is 0 Å². The minimum Gasteiger partial charge on any atom is -0.398 e. The number of hydrogen-bond donors (Lipinski definition) is 2. The first-order valence-electron chi connectivity index (χ1n) is 5.74. The number of nitrogens with two attached hydrogens (primary N) is 1. The Morgan fingerprint density at radius 2 is 2.10 bits per heavy atom. The predicted octanol–water partition coefficient (Wildman–Crippen LogP) is 2.45. The average Bonchev–Trinajstić information content (AvgIpc) is 2.80. The van der Waals surface area contributed by atoms with Gasteiger partial charge in [0.25, 0.3) is 10.0 Å². The number of benzene rings is 1. The molecule has 0 spiro atoms. The lowest BCUT2D eigenvalue weighted by molar-refractivity contribution is 0.600. The van der Waals surface area contributed by atoms with Crippen molar-refractivity contribution < 1.29 is 8.42 Å². The lowest BCUT2D eigenvalue weighted by Gasteiger charge is -2.10. The van der Waals surface area contributed by atoms with Crippen LogP contribution in [0.3, 0.4) is 0 Å². The summed E-state index contributed by atoms with van der Waals surface area (Å²) in [5.41, 5.74) is 6.51. The summed E-state index contributed by atoms with van der Waals surface area (Å²) in [5, 5.41) is 8.89. The molecule has 2 rings (SSSR count). The first kappa shape index (κ1) is 15.0. The SMILES string of the molecule is CCc1nnc(NS(=O)(=O)c2cc(Cl)cc(N)c2C)s1. The summed E-state index contributed by atoms with van der Waals surface area (Å²) in [4.78, 5) is 0.0377. The van der Waals surface area contributed by atoms with Crippen LogP contribution in [0.4, 0.5) is 10.8 Å². The van der Waals surface area contributed by atoms with E-state index < -0.39 is 10.0 Å². The van der Waals surface area contributed by atoms with Gasteiger partial charge < -0.3 is 5.73 Å². The molecule has 0 radical (unpaired) electrons. The van der Waals surface area contributed by atoms with Crippen LogP contribution in [0.5, 0.6) is 0 Å². The van der Waals surface area contributed by atoms with E-state index in [1.807, 2.05) is 6.92 Å². The second-order valence-electron chi connectivity index (χ2n) is 4.08. The van der Waals surface area contributed by atoms with Crippen LogP contribution in [0, 0.1) is 6.92 Å². The average molecular weight is 333 g/mol. The molecule has 9 heteroatoms. The molecule has 0 aliphatic rings. The molecule has 20 heavy (non-hydrogen) atoms. The van der Waals surface area contributed by atoms with Gasteiger partial charge >= 0.3 is 0 Å². The van der Waals surface area contributed by atoms with Crippen molar-refractivity contribution in [1.82, 2.24) is 10.2 Å². The Hall–Kier alpha value is -1.38. The van der Waals surface area contributed by atoms with E-state index in [4.69, 9.17) is 17.3 Å². The van der Waals surface area contributed by atoms with Crippen molar-refractivity contribution in [1.29, 1.82) is 0 Å². The van der Waals surface area contributed by atoms with Crippen LogP contribution in [-0.4, -0.2) is 18.6 Å². The third kappa shape index (κ3) is 3.02. The maximum absolute atomic E-state index is 12.3. The molecule has 1 aromatic carbocycles. The highest BCUT2D eigenvalue weighted by molar-refractivity contribution is 7.93. The topological polar surface area (TPSA) is 98.0 Å². The zero-order valence-corrected chi connectivity index (χ0v) is 13.2. The molecule has 0 fully saturated rings. The maximum atomic E-state index is 12.3. The van der Waals surface area contributed by atoms with Gasteiger partial charge in [-0.15, -0.1) is 10.2 Å². The summed E-state index contributed by atoms with van der Waals surface area (Å²) in [5.74, 6) is 0. The van der Waals surface area contributed by atoms with E-state index in [-0.39, 0.29) is 15.0 Å². The van der Waals surface area contributed by atoms with E-state index in [1.165, 1.54) is 23.5 Å². The maximum Gasteiger partial charge on any atom is 0.264 e. The number of halogens is 1. The molecule has 0 saturated carbocycles. The quantitative estimate of drug-likeness (QED) is 0.838. The first-order valence-corrected chi connectivity index (χ1v) is 8.42. The van der Waals surface area contributed by atoms with Crippen LogP contribution >= 0.6 is 22.9 Å². The highest BCUT2D eigenvalue weighted by Gasteiger charge is 2.21. The Bertz CT molecular complexity index is 743. The van der Waals surface area contributed by atoms with Gasteiger partial charge in [-0.3, -0.25) is 4.72 Å². The highest BCUT2D eigenvalue weighted by Crippen LogP contribution is 2.28. The summed E-state index contributed by atoms with van der Waals surface area (Å²) in [6.07, 6.45) is 0.697. The molecular formula is C11H13ClN4O2S2. The van der Waals surface area contributed by atoms with Crippen LogP contribution in [0.2, 0.25) is 5.02 Å². The van der Waals surface area contributed by atoms with Crippen LogP contribution in [0.15, 0.2) is 17.0 Å². The van der Waals surface area contributed by atoms with Crippen molar-refractivity contribution in [2.75, 3.05) is 10.5 Å². The van der Waals surface area contributed by atoms with E-state index in [2.05, 4.69) is 14.9 Å². The molecule has 0 atom stereocenters. The lowest BCUT2D eigenvalue weighted by atomic mass is 10.2. The van der Waals surface area contributed by atoms with E-state index >= 15 is 0 Å². The molecule has 1 heterocycles. The second-order valence-corrected chi connectivity index (χ2v) is 7.23. The summed E-state index contributed by atoms with van der Waals surface area (Å²) < 4.78 is 27.1. The minimum absolute atomic E-state index is 0.0377. The van der Waals surface area contributed by atoms with E-state index in [0.29, 0.717) is 17.7 Å². The number of anilines is 2. The smallest absolute Gasteiger partial charge is 0.264 e. The largest absolute Gasteiger partial charge is 0.398 e. The molecule has 0 bridgehead atoms. The van der Waals surface area contributed by atoms with Gasteiger partial charge in [0.1, 0.15) is 5.01 Å². The highest BCUT2D eigenvalue weighted by atomic mass is 35.5. The van der Waals surface area contributed by atoms with Gasteiger partial charge in [-0.2, -0.15) is 0 Å². The van der Waals surface area contributed by atoms with Crippen LogP contribution in [-0.2, 0) is 16.4 Å². The molecule has 3 N–H and O–H groups in total. The minimum atomic E-state index is -3.79. The monoisotopic (exact) mass is 332 g/mol. The Labute approximate surface area is 126 Å². The van der Waals surface area contributed by atoms with Gasteiger partial charge in [-0.25, -0.2) is 8.42 Å². The molecule has 2 aromatic rings. The second kappa shape index (κ2) is 5.55. The number of hydrogen-bond acceptors (Lipinski definition) is 6. The molecule has 0 unspecified atom stereocenters. The summed E-state index contributed by atoms with van der Waals surface area (Å²) in [6, 6.07) is 2.87. The number of nitrogen functional groups attached to an aromatic ring is 1.